The van der Waals surface area contributed by atoms with Gasteiger partial charge in [0.05, 0.1) is 10.4 Å². The third-order valence-corrected chi connectivity index (χ3v) is 6.35. The molecule has 3 heterocycles. The van der Waals surface area contributed by atoms with Crippen LogP contribution < -0.4 is 0 Å². The zero-order valence-corrected chi connectivity index (χ0v) is 16.0. The van der Waals surface area contributed by atoms with Crippen molar-refractivity contribution in [2.45, 2.75) is 0 Å². The summed E-state index contributed by atoms with van der Waals surface area (Å²) in [4.78, 5) is 5.81. The summed E-state index contributed by atoms with van der Waals surface area (Å²) in [5.74, 6) is -0.224. The highest BCUT2D eigenvalue weighted by Crippen LogP contribution is 2.38. The number of hydrogen-bond acceptors (Lipinski definition) is 3. The van der Waals surface area contributed by atoms with Gasteiger partial charge in [-0.1, -0.05) is 42.5 Å². The molecule has 0 atom stereocenters. The Bertz CT molecular complexity index is 1510. The van der Waals surface area contributed by atoms with Crippen molar-refractivity contribution in [3.63, 3.8) is 0 Å². The Morgan fingerprint density at radius 2 is 1.66 bits per heavy atom. The van der Waals surface area contributed by atoms with Crippen molar-refractivity contribution < 1.29 is 8.81 Å². The number of hydrogen-bond donors (Lipinski definition) is 0. The summed E-state index contributed by atoms with van der Waals surface area (Å²) >= 11 is 1.66. The van der Waals surface area contributed by atoms with Crippen LogP contribution in [0.1, 0.15) is 0 Å². The highest BCUT2D eigenvalue weighted by Gasteiger charge is 2.14. The maximum Gasteiger partial charge on any atom is 0.144 e. The predicted octanol–water partition coefficient (Wildman–Crippen LogP) is 7.67. The van der Waals surface area contributed by atoms with Crippen molar-refractivity contribution in [3.05, 3.63) is 90.9 Å². The summed E-state index contributed by atoms with van der Waals surface area (Å²) in [7, 11) is 0. The van der Waals surface area contributed by atoms with Crippen LogP contribution in [0.15, 0.2) is 89.5 Å². The summed E-state index contributed by atoms with van der Waals surface area (Å²) in [5, 5.41) is 3.32. The van der Waals surface area contributed by atoms with Crippen LogP contribution in [-0.4, -0.2) is 4.98 Å². The minimum atomic E-state index is -0.224. The highest BCUT2D eigenvalue weighted by molar-refractivity contribution is 7.22. The number of halogens is 1. The molecule has 6 rings (SSSR count). The fourth-order valence-corrected chi connectivity index (χ4v) is 4.82. The van der Waals surface area contributed by atoms with Gasteiger partial charge in [-0.2, -0.15) is 0 Å². The van der Waals surface area contributed by atoms with E-state index in [9.17, 15) is 4.39 Å². The van der Waals surface area contributed by atoms with Crippen LogP contribution in [0.3, 0.4) is 0 Å². The summed E-state index contributed by atoms with van der Waals surface area (Å²) in [5.41, 5.74) is 4.61. The van der Waals surface area contributed by atoms with E-state index in [-0.39, 0.29) is 5.82 Å². The average molecular weight is 395 g/mol. The summed E-state index contributed by atoms with van der Waals surface area (Å²) < 4.78 is 20.5. The molecule has 29 heavy (non-hydrogen) atoms. The van der Waals surface area contributed by atoms with Crippen molar-refractivity contribution in [2.75, 3.05) is 0 Å². The van der Waals surface area contributed by atoms with Gasteiger partial charge in [-0.3, -0.25) is 4.98 Å². The maximum absolute atomic E-state index is 13.2. The number of thiophene rings is 1. The molecular weight excluding hydrogens is 381 g/mol. The lowest BCUT2D eigenvalue weighted by Crippen LogP contribution is -1.83. The first-order valence-corrected chi connectivity index (χ1v) is 10.1. The van der Waals surface area contributed by atoms with E-state index in [1.165, 1.54) is 12.1 Å². The maximum atomic E-state index is 13.2. The topological polar surface area (TPSA) is 26.0 Å². The zero-order valence-electron chi connectivity index (χ0n) is 15.2. The molecule has 0 amide bonds. The number of furan rings is 1. The molecule has 0 saturated carbocycles. The molecule has 0 radical (unpaired) electrons. The van der Waals surface area contributed by atoms with Crippen LogP contribution >= 0.6 is 11.3 Å². The number of aromatic nitrogens is 1. The molecule has 0 unspecified atom stereocenters. The van der Waals surface area contributed by atoms with E-state index >= 15 is 0 Å². The van der Waals surface area contributed by atoms with E-state index in [1.807, 2.05) is 48.7 Å². The number of rotatable bonds is 2. The second kappa shape index (κ2) is 6.26. The summed E-state index contributed by atoms with van der Waals surface area (Å²) in [6.07, 6.45) is 1.91. The van der Waals surface area contributed by atoms with Gasteiger partial charge in [0.2, 0.25) is 0 Å². The van der Waals surface area contributed by atoms with Gasteiger partial charge in [-0.05, 0) is 47.3 Å². The monoisotopic (exact) mass is 395 g/mol. The molecule has 0 aliphatic carbocycles. The molecule has 0 aliphatic heterocycles. The van der Waals surface area contributed by atoms with Crippen LogP contribution in [0.4, 0.5) is 4.39 Å². The Kier molecular flexibility index (Phi) is 3.55. The van der Waals surface area contributed by atoms with E-state index in [4.69, 9.17) is 9.40 Å². The van der Waals surface area contributed by atoms with Crippen LogP contribution in [0, 0.1) is 5.82 Å². The van der Waals surface area contributed by atoms with Gasteiger partial charge in [0.1, 0.15) is 17.0 Å². The van der Waals surface area contributed by atoms with Crippen LogP contribution in [-0.2, 0) is 0 Å². The fraction of sp³-hybridized carbons (Fsp3) is 0. The summed E-state index contributed by atoms with van der Waals surface area (Å²) in [6.45, 7) is 0. The minimum absolute atomic E-state index is 0.224. The molecule has 0 bridgehead atoms. The first-order chi connectivity index (χ1) is 14.3. The normalized spacial score (nSPS) is 11.6. The zero-order chi connectivity index (χ0) is 19.4. The van der Waals surface area contributed by atoms with Gasteiger partial charge in [0.25, 0.3) is 0 Å². The molecule has 4 heteroatoms. The number of pyridine rings is 1. The lowest BCUT2D eigenvalue weighted by Gasteiger charge is -2.02. The van der Waals surface area contributed by atoms with Gasteiger partial charge in [0.15, 0.2) is 0 Å². The molecule has 3 aromatic heterocycles. The van der Waals surface area contributed by atoms with E-state index < -0.39 is 0 Å². The third-order valence-electron chi connectivity index (χ3n) is 5.21. The minimum Gasteiger partial charge on any atom is -0.455 e. The van der Waals surface area contributed by atoms with Crippen LogP contribution in [0.25, 0.3) is 53.7 Å². The van der Waals surface area contributed by atoms with E-state index in [1.54, 1.807) is 11.3 Å². The lowest BCUT2D eigenvalue weighted by atomic mass is 10.1. The first-order valence-electron chi connectivity index (χ1n) is 9.32. The van der Waals surface area contributed by atoms with E-state index in [0.717, 1.165) is 53.7 Å². The second-order valence-corrected chi connectivity index (χ2v) is 8.09. The van der Waals surface area contributed by atoms with Crippen molar-refractivity contribution in [1.82, 2.24) is 4.98 Å². The van der Waals surface area contributed by atoms with Crippen LogP contribution in [0.5, 0.6) is 0 Å². The molecular formula is C25H14FNOS. The largest absolute Gasteiger partial charge is 0.455 e. The Balaban J connectivity index is 1.52. The molecule has 6 aromatic rings. The van der Waals surface area contributed by atoms with Crippen molar-refractivity contribution in [1.29, 1.82) is 0 Å². The molecule has 0 saturated heterocycles. The van der Waals surface area contributed by atoms with Crippen molar-refractivity contribution >= 4 is 43.4 Å². The van der Waals surface area contributed by atoms with Gasteiger partial charge in [-0.25, -0.2) is 4.39 Å². The standard InChI is InChI=1S/C25H14FNOS/c26-17-10-8-15(9-11-17)23-13-16-12-21(27-14-24(16)29-23)20-6-3-5-19-18-4-1-2-7-22(18)28-25(19)20/h1-14H. The molecule has 138 valence electrons. The van der Waals surface area contributed by atoms with Crippen LogP contribution in [0.2, 0.25) is 0 Å². The smallest absolute Gasteiger partial charge is 0.144 e. The second-order valence-electron chi connectivity index (χ2n) is 7.01. The Hall–Kier alpha value is -3.50. The van der Waals surface area contributed by atoms with Gasteiger partial charge in [-0.15, -0.1) is 11.3 Å². The quantitative estimate of drug-likeness (QED) is 0.301. The third kappa shape index (κ3) is 2.64. The van der Waals surface area contributed by atoms with Crippen molar-refractivity contribution in [2.24, 2.45) is 0 Å². The molecule has 0 aliphatic rings. The fourth-order valence-electron chi connectivity index (χ4n) is 3.80. The number of nitrogens with zero attached hydrogens (tertiary/aromatic N) is 1. The number of benzene rings is 3. The molecule has 3 aromatic carbocycles. The Morgan fingerprint density at radius 3 is 2.55 bits per heavy atom. The Labute approximate surface area is 169 Å². The predicted molar refractivity (Wildman–Crippen MR) is 118 cm³/mol. The van der Waals surface area contributed by atoms with Crippen molar-refractivity contribution in [3.8, 4) is 21.7 Å². The lowest BCUT2D eigenvalue weighted by molar-refractivity contribution is 0.628. The summed E-state index contributed by atoms with van der Waals surface area (Å²) in [6, 6.07) is 25.1. The van der Waals surface area contributed by atoms with E-state index in [2.05, 4.69) is 24.3 Å². The molecule has 0 N–H and O–H groups in total. The molecule has 2 nitrogen and oxygen atoms in total. The highest BCUT2D eigenvalue weighted by atomic mass is 32.1. The number of para-hydroxylation sites is 2. The van der Waals surface area contributed by atoms with Gasteiger partial charge in [0, 0.05) is 27.4 Å². The first kappa shape index (κ1) is 16.5. The van der Waals surface area contributed by atoms with Gasteiger partial charge < -0.3 is 4.42 Å². The molecule has 0 spiro atoms. The molecule has 0 fully saturated rings. The number of fused-ring (bicyclic) bond motifs is 4. The SMILES string of the molecule is Fc1ccc(-c2cc3cc(-c4cccc5c4oc4ccccc45)ncc3s2)cc1. The Morgan fingerprint density at radius 1 is 0.828 bits per heavy atom. The van der Waals surface area contributed by atoms with E-state index in [0.29, 0.717) is 0 Å². The average Bonchev–Trinajstić information content (AvgIpc) is 3.35. The van der Waals surface area contributed by atoms with Gasteiger partial charge >= 0.3 is 0 Å².